The molecule has 2 aliphatic rings. The second kappa shape index (κ2) is 17.5. The lowest BCUT2D eigenvalue weighted by Crippen LogP contribution is -2.50. The van der Waals surface area contributed by atoms with E-state index >= 15 is 0 Å². The molecule has 5 atom stereocenters. The molecule has 2 aromatic heterocycles. The molecule has 0 saturated carbocycles. The standard InChI is InChI=1S/C34H54N10O13S/c1-31(2,3)55-28(46)40-18(13-12-14-36-27(41-29(47)56-32(4,5)6)42-30(48)57-33(7,8)9)25(45)43-58(49,50)51-15-19-21-22(54-34(10,11)53-21)26(52-19)44-17-39-20-23(35)37-16-38-24(20)44/h16-19,21-22,26H,12-15H2,1-11H3,(H,40,46)(H,43,45)(H2,35,37,38)(H2,36,41,42,47,48)/t18-,19-,21-,22-,26-/m1/s1. The number of carbonyl (C=O) groups excluding carboxylic acids is 4. The number of ether oxygens (including phenoxy) is 6. The van der Waals surface area contributed by atoms with E-state index < -0.39 is 94.3 Å². The van der Waals surface area contributed by atoms with Crippen molar-refractivity contribution in [2.45, 2.75) is 142 Å². The van der Waals surface area contributed by atoms with Crippen molar-refractivity contribution < 1.29 is 60.2 Å². The number of hydrogen-bond acceptors (Lipinski definition) is 18. The number of alkyl carbamates (subject to hydrolysis) is 3. The van der Waals surface area contributed by atoms with Gasteiger partial charge in [-0.3, -0.25) is 29.2 Å². The SMILES string of the molecule is CC(C)(C)OC(=O)NC(=NCCC[C@@H](NC(=O)OC(C)(C)C)C(=O)NS(=O)(=O)OC[C@H]1O[C@@H](n2cnc3c(N)ncnc32)[C@@H]2OC(C)(C)O[C@@H]21)NC(=O)OC(C)(C)C. The highest BCUT2D eigenvalue weighted by atomic mass is 32.2. The molecule has 2 saturated heterocycles. The highest BCUT2D eigenvalue weighted by molar-refractivity contribution is 7.85. The Bertz CT molecular complexity index is 1940. The molecule has 4 amide bonds. The summed E-state index contributed by atoms with van der Waals surface area (Å²) in [5.74, 6) is -2.42. The number of rotatable bonds is 11. The Morgan fingerprint density at radius 2 is 1.47 bits per heavy atom. The van der Waals surface area contributed by atoms with Crippen molar-refractivity contribution in [3.8, 4) is 0 Å². The van der Waals surface area contributed by atoms with Gasteiger partial charge in [0.1, 0.15) is 53.0 Å². The lowest BCUT2D eigenvalue weighted by Gasteiger charge is -2.25. The van der Waals surface area contributed by atoms with E-state index in [-0.39, 0.29) is 31.2 Å². The Kier molecular flexibility index (Phi) is 13.8. The van der Waals surface area contributed by atoms with E-state index in [2.05, 4.69) is 35.9 Å². The average Bonchev–Trinajstić information content (AvgIpc) is 3.69. The molecule has 0 bridgehead atoms. The minimum absolute atomic E-state index is 0.0112. The number of anilines is 1. The smallest absolute Gasteiger partial charge is 0.414 e. The molecule has 0 aromatic carbocycles. The lowest BCUT2D eigenvalue weighted by atomic mass is 10.1. The summed E-state index contributed by atoms with van der Waals surface area (Å²) in [6.07, 6.45) is -3.81. The van der Waals surface area contributed by atoms with E-state index in [1.807, 2.05) is 4.72 Å². The van der Waals surface area contributed by atoms with Crippen LogP contribution in [0.5, 0.6) is 0 Å². The zero-order valence-corrected chi connectivity index (χ0v) is 35.2. The number of carbonyl (C=O) groups is 4. The lowest BCUT2D eigenvalue weighted by molar-refractivity contribution is -0.198. The van der Waals surface area contributed by atoms with Gasteiger partial charge in [0, 0.05) is 6.54 Å². The fraction of sp³-hybridized carbons (Fsp3) is 0.706. The molecule has 0 radical (unpaired) electrons. The van der Waals surface area contributed by atoms with Gasteiger partial charge in [-0.2, -0.15) is 8.42 Å². The van der Waals surface area contributed by atoms with Crippen molar-refractivity contribution in [3.63, 3.8) is 0 Å². The van der Waals surface area contributed by atoms with E-state index in [0.717, 1.165) is 0 Å². The monoisotopic (exact) mass is 842 g/mol. The summed E-state index contributed by atoms with van der Waals surface area (Å²) in [6.45, 7) is 17.3. The zero-order chi connectivity index (χ0) is 43.4. The molecule has 2 aliphatic heterocycles. The van der Waals surface area contributed by atoms with Gasteiger partial charge in [0.2, 0.25) is 5.96 Å². The van der Waals surface area contributed by atoms with Gasteiger partial charge >= 0.3 is 28.6 Å². The number of imidazole rings is 1. The first-order valence-corrected chi connectivity index (χ1v) is 19.7. The maximum atomic E-state index is 13.4. The molecule has 0 unspecified atom stereocenters. The Hall–Kier alpha value is -4.91. The first-order valence-electron chi connectivity index (χ1n) is 18.3. The van der Waals surface area contributed by atoms with E-state index in [9.17, 15) is 27.6 Å². The van der Waals surface area contributed by atoms with Crippen LogP contribution in [0.25, 0.3) is 11.2 Å². The summed E-state index contributed by atoms with van der Waals surface area (Å²) >= 11 is 0. The van der Waals surface area contributed by atoms with E-state index in [4.69, 9.17) is 38.3 Å². The molecule has 2 aromatic rings. The molecule has 4 rings (SSSR count). The third-order valence-electron chi connectivity index (χ3n) is 7.57. The van der Waals surface area contributed by atoms with Crippen molar-refractivity contribution in [2.75, 3.05) is 18.9 Å². The third-order valence-corrected chi connectivity index (χ3v) is 8.46. The fourth-order valence-corrected chi connectivity index (χ4v) is 6.33. The van der Waals surface area contributed by atoms with Crippen LogP contribution < -0.4 is 26.4 Å². The number of aliphatic imine (C=N–C) groups is 1. The first-order chi connectivity index (χ1) is 26.6. The first kappa shape index (κ1) is 45.8. The number of nitrogen functional groups attached to an aromatic ring is 1. The molecule has 0 aliphatic carbocycles. The quantitative estimate of drug-likeness (QED) is 0.0938. The largest absolute Gasteiger partial charge is 0.444 e. The van der Waals surface area contributed by atoms with E-state index in [0.29, 0.717) is 11.2 Å². The number of fused-ring (bicyclic) bond motifs is 2. The molecule has 0 spiro atoms. The van der Waals surface area contributed by atoms with E-state index in [1.165, 1.54) is 12.7 Å². The van der Waals surface area contributed by atoms with Crippen LogP contribution in [0.3, 0.4) is 0 Å². The van der Waals surface area contributed by atoms with Crippen molar-refractivity contribution in [2.24, 2.45) is 4.99 Å². The van der Waals surface area contributed by atoms with Crippen LogP contribution in [0.15, 0.2) is 17.6 Å². The third kappa shape index (κ3) is 13.6. The number of nitrogens with zero attached hydrogens (tertiary/aromatic N) is 5. The summed E-state index contributed by atoms with van der Waals surface area (Å²) in [7, 11) is -4.83. The summed E-state index contributed by atoms with van der Waals surface area (Å²) in [5, 5.41) is 7.04. The topological polar surface area (TPSA) is 297 Å². The van der Waals surface area contributed by atoms with E-state index in [1.54, 1.807) is 80.7 Å². The number of hydrogen-bond donors (Lipinski definition) is 5. The molecule has 2 fully saturated rings. The molecule has 4 heterocycles. The van der Waals surface area contributed by atoms with Gasteiger partial charge in [-0.1, -0.05) is 0 Å². The number of nitrogens with two attached hydrogens (primary N) is 1. The zero-order valence-electron chi connectivity index (χ0n) is 34.4. The summed E-state index contributed by atoms with van der Waals surface area (Å²) in [6, 6.07) is -1.49. The van der Waals surface area contributed by atoms with Crippen LogP contribution >= 0.6 is 0 Å². The minimum Gasteiger partial charge on any atom is -0.444 e. The molecule has 58 heavy (non-hydrogen) atoms. The van der Waals surface area contributed by atoms with Gasteiger partial charge in [-0.05, 0) is 89.0 Å². The Morgan fingerprint density at radius 3 is 2.05 bits per heavy atom. The van der Waals surface area contributed by atoms with Crippen molar-refractivity contribution in [3.05, 3.63) is 12.7 Å². The number of nitrogens with one attached hydrogen (secondary N) is 4. The van der Waals surface area contributed by atoms with Crippen molar-refractivity contribution >= 4 is 57.4 Å². The number of amides is 4. The van der Waals surface area contributed by atoms with Crippen LogP contribution in [0.1, 0.15) is 95.2 Å². The van der Waals surface area contributed by atoms with Gasteiger partial charge in [-0.15, -0.1) is 0 Å². The van der Waals surface area contributed by atoms with Gasteiger partial charge < -0.3 is 39.5 Å². The van der Waals surface area contributed by atoms with Gasteiger partial charge in [0.05, 0.1) is 12.9 Å². The highest BCUT2D eigenvalue weighted by Gasteiger charge is 2.56. The maximum Gasteiger partial charge on any atom is 0.414 e. The highest BCUT2D eigenvalue weighted by Crippen LogP contribution is 2.44. The van der Waals surface area contributed by atoms with Crippen molar-refractivity contribution in [1.82, 2.24) is 40.2 Å². The number of guanidine groups is 1. The normalized spacial score (nSPS) is 21.0. The molecule has 6 N–H and O–H groups in total. The van der Waals surface area contributed by atoms with Crippen molar-refractivity contribution in [1.29, 1.82) is 0 Å². The molecule has 24 heteroatoms. The average molecular weight is 843 g/mol. The predicted molar refractivity (Wildman–Crippen MR) is 204 cm³/mol. The molecule has 324 valence electrons. The number of aromatic nitrogens is 4. The fourth-order valence-electron chi connectivity index (χ4n) is 5.57. The van der Waals surface area contributed by atoms with Gasteiger partial charge in [0.25, 0.3) is 5.91 Å². The maximum absolute atomic E-state index is 13.4. The summed E-state index contributed by atoms with van der Waals surface area (Å²) in [5.41, 5.74) is 3.92. The molecular weight excluding hydrogens is 788 g/mol. The van der Waals surface area contributed by atoms with Gasteiger partial charge in [-0.25, -0.2) is 34.1 Å². The minimum atomic E-state index is -4.83. The molecular formula is C34H54N10O13S. The van der Waals surface area contributed by atoms with Crippen LogP contribution in [0.2, 0.25) is 0 Å². The van der Waals surface area contributed by atoms with Gasteiger partial charge in [0.15, 0.2) is 23.5 Å². The Morgan fingerprint density at radius 1 is 0.897 bits per heavy atom. The van der Waals surface area contributed by atoms with Crippen LogP contribution in [0, 0.1) is 0 Å². The predicted octanol–water partition coefficient (Wildman–Crippen LogP) is 2.28. The molecule has 23 nitrogen and oxygen atoms in total. The second-order valence-corrected chi connectivity index (χ2v) is 18.1. The summed E-state index contributed by atoms with van der Waals surface area (Å²) < 4.78 is 69.0. The summed E-state index contributed by atoms with van der Waals surface area (Å²) in [4.78, 5) is 67.7. The van der Waals surface area contributed by atoms with Crippen LogP contribution in [-0.4, -0.2) is 118 Å². The Labute approximate surface area is 336 Å². The van der Waals surface area contributed by atoms with Crippen LogP contribution in [0.4, 0.5) is 20.2 Å². The van der Waals surface area contributed by atoms with Crippen LogP contribution in [-0.2, 0) is 47.7 Å². The Balaban J connectivity index is 1.45. The second-order valence-electron chi connectivity index (χ2n) is 16.7.